The molecule has 21 heavy (non-hydrogen) atoms. The fraction of sp³-hybridized carbons (Fsp3) is 0.500. The first-order valence-electron chi connectivity index (χ1n) is 7.26. The molecular weight excluding hydrogens is 268 g/mol. The molecule has 7 heteroatoms. The number of nitrogens with two attached hydrogens (primary N) is 1. The van der Waals surface area contributed by atoms with Crippen LogP contribution in [0.15, 0.2) is 18.5 Å². The number of aryl methyl sites for hydroxylation is 1. The van der Waals surface area contributed by atoms with Gasteiger partial charge in [0, 0.05) is 6.54 Å². The summed E-state index contributed by atoms with van der Waals surface area (Å²) in [6.07, 6.45) is 4.20. The molecule has 1 aliphatic rings. The Hall–Kier alpha value is -2.31. The molecular formula is C14H20N6O. The van der Waals surface area contributed by atoms with Crippen molar-refractivity contribution in [1.82, 2.24) is 19.7 Å². The molecule has 0 aliphatic heterocycles. The van der Waals surface area contributed by atoms with Crippen LogP contribution < -0.4 is 15.8 Å². The summed E-state index contributed by atoms with van der Waals surface area (Å²) in [7, 11) is 0. The predicted octanol–water partition coefficient (Wildman–Crippen LogP) is 1.68. The third-order valence-corrected chi connectivity index (χ3v) is 3.51. The maximum atomic E-state index is 5.89. The number of ether oxygens (including phenoxy) is 1. The van der Waals surface area contributed by atoms with Crippen molar-refractivity contribution in [2.45, 2.75) is 32.9 Å². The minimum atomic E-state index is 0.504. The number of nitrogen functional groups attached to an aromatic ring is 1. The Bertz CT molecular complexity index is 607. The van der Waals surface area contributed by atoms with Gasteiger partial charge in [-0.05, 0) is 37.8 Å². The van der Waals surface area contributed by atoms with E-state index in [1.807, 2.05) is 16.7 Å². The van der Waals surface area contributed by atoms with E-state index in [2.05, 4.69) is 27.4 Å². The van der Waals surface area contributed by atoms with Gasteiger partial charge < -0.3 is 20.4 Å². The minimum absolute atomic E-state index is 0.504. The third kappa shape index (κ3) is 3.42. The Balaban J connectivity index is 1.63. The first kappa shape index (κ1) is 13.7. The van der Waals surface area contributed by atoms with Crippen molar-refractivity contribution in [2.75, 3.05) is 17.7 Å². The lowest BCUT2D eigenvalue weighted by molar-refractivity contribution is 0.290. The predicted molar refractivity (Wildman–Crippen MR) is 79.9 cm³/mol. The number of aromatic nitrogens is 4. The number of nitrogens with one attached hydrogen (secondary N) is 1. The summed E-state index contributed by atoms with van der Waals surface area (Å²) in [5, 5.41) is 11.2. The van der Waals surface area contributed by atoms with Gasteiger partial charge in [-0.1, -0.05) is 0 Å². The monoisotopic (exact) mass is 288 g/mol. The second-order valence-electron chi connectivity index (χ2n) is 5.23. The van der Waals surface area contributed by atoms with Crippen LogP contribution >= 0.6 is 0 Å². The van der Waals surface area contributed by atoms with Crippen LogP contribution in [0.4, 0.5) is 11.5 Å². The maximum absolute atomic E-state index is 5.89. The molecule has 0 spiro atoms. The molecule has 2 aromatic heterocycles. The normalized spacial score (nSPS) is 14.1. The summed E-state index contributed by atoms with van der Waals surface area (Å²) in [6, 6.07) is 3.65. The average molecular weight is 288 g/mol. The lowest BCUT2D eigenvalue weighted by atomic mass is 10.4. The van der Waals surface area contributed by atoms with Crippen LogP contribution in [0.2, 0.25) is 0 Å². The summed E-state index contributed by atoms with van der Waals surface area (Å²) in [4.78, 5) is 4.41. The van der Waals surface area contributed by atoms with Gasteiger partial charge in [-0.3, -0.25) is 0 Å². The van der Waals surface area contributed by atoms with Crippen molar-refractivity contribution in [3.8, 4) is 5.88 Å². The van der Waals surface area contributed by atoms with Crippen LogP contribution in [0.25, 0.3) is 0 Å². The highest BCUT2D eigenvalue weighted by molar-refractivity contribution is 5.53. The Labute approximate surface area is 123 Å². The first-order chi connectivity index (χ1) is 10.3. The standard InChI is InChI=1S/C14H20N6O/c1-2-20-9-17-19-13(20)7-16-12-6-5-11(15)14(18-12)21-8-10-3-4-10/h5-6,9-10H,2-4,7-8,15H2,1H3,(H,16,18). The quantitative estimate of drug-likeness (QED) is 0.805. The maximum Gasteiger partial charge on any atom is 0.239 e. The molecule has 0 unspecified atom stereocenters. The summed E-state index contributed by atoms with van der Waals surface area (Å²) in [6.45, 7) is 4.16. The molecule has 0 radical (unpaired) electrons. The molecule has 1 saturated carbocycles. The number of hydrogen-bond donors (Lipinski definition) is 2. The SMILES string of the molecule is CCn1cnnc1CNc1ccc(N)c(OCC2CC2)n1. The molecule has 2 aromatic rings. The van der Waals surface area contributed by atoms with E-state index in [0.29, 0.717) is 30.6 Å². The zero-order valence-electron chi connectivity index (χ0n) is 12.1. The smallest absolute Gasteiger partial charge is 0.239 e. The molecule has 3 N–H and O–H groups in total. The molecule has 2 heterocycles. The highest BCUT2D eigenvalue weighted by Crippen LogP contribution is 2.30. The number of anilines is 2. The number of rotatable bonds is 7. The van der Waals surface area contributed by atoms with Gasteiger partial charge in [-0.2, -0.15) is 4.98 Å². The Kier molecular flexibility index (Phi) is 3.89. The van der Waals surface area contributed by atoms with Gasteiger partial charge in [-0.25, -0.2) is 0 Å². The largest absolute Gasteiger partial charge is 0.476 e. The highest BCUT2D eigenvalue weighted by atomic mass is 16.5. The van der Waals surface area contributed by atoms with Crippen molar-refractivity contribution >= 4 is 11.5 Å². The second-order valence-corrected chi connectivity index (χ2v) is 5.23. The Morgan fingerprint density at radius 1 is 1.43 bits per heavy atom. The number of hydrogen-bond acceptors (Lipinski definition) is 6. The van der Waals surface area contributed by atoms with Crippen LogP contribution in [0.1, 0.15) is 25.6 Å². The Morgan fingerprint density at radius 2 is 2.29 bits per heavy atom. The van der Waals surface area contributed by atoms with Crippen molar-refractivity contribution in [2.24, 2.45) is 5.92 Å². The summed E-state index contributed by atoms with van der Waals surface area (Å²) in [5.41, 5.74) is 6.46. The zero-order valence-corrected chi connectivity index (χ0v) is 12.1. The van der Waals surface area contributed by atoms with E-state index in [4.69, 9.17) is 10.5 Å². The van der Waals surface area contributed by atoms with E-state index in [1.165, 1.54) is 12.8 Å². The van der Waals surface area contributed by atoms with Gasteiger partial charge in [-0.15, -0.1) is 10.2 Å². The first-order valence-corrected chi connectivity index (χ1v) is 7.26. The molecule has 1 fully saturated rings. The lowest BCUT2D eigenvalue weighted by Gasteiger charge is -2.10. The van der Waals surface area contributed by atoms with Crippen LogP contribution in [0, 0.1) is 5.92 Å². The fourth-order valence-corrected chi connectivity index (χ4v) is 2.00. The molecule has 3 rings (SSSR count). The zero-order chi connectivity index (χ0) is 14.7. The van der Waals surface area contributed by atoms with Crippen molar-refractivity contribution in [3.63, 3.8) is 0 Å². The van der Waals surface area contributed by atoms with E-state index in [9.17, 15) is 0 Å². The van der Waals surface area contributed by atoms with Gasteiger partial charge in [0.15, 0.2) is 5.82 Å². The highest BCUT2D eigenvalue weighted by Gasteiger charge is 2.22. The van der Waals surface area contributed by atoms with Crippen molar-refractivity contribution < 1.29 is 4.74 Å². The average Bonchev–Trinajstić information content (AvgIpc) is 3.21. The van der Waals surface area contributed by atoms with Gasteiger partial charge >= 0.3 is 0 Å². The van der Waals surface area contributed by atoms with Crippen molar-refractivity contribution in [3.05, 3.63) is 24.3 Å². The number of nitrogens with zero attached hydrogens (tertiary/aromatic N) is 4. The molecule has 0 atom stereocenters. The van der Waals surface area contributed by atoms with Crippen molar-refractivity contribution in [1.29, 1.82) is 0 Å². The van der Waals surface area contributed by atoms with E-state index in [1.54, 1.807) is 6.33 Å². The molecule has 7 nitrogen and oxygen atoms in total. The van der Waals surface area contributed by atoms with E-state index in [-0.39, 0.29) is 0 Å². The second kappa shape index (κ2) is 5.99. The molecule has 0 bridgehead atoms. The summed E-state index contributed by atoms with van der Waals surface area (Å²) >= 11 is 0. The molecule has 0 saturated heterocycles. The summed E-state index contributed by atoms with van der Waals surface area (Å²) in [5.74, 6) is 2.77. The van der Waals surface area contributed by atoms with Crippen LogP contribution in [0.5, 0.6) is 5.88 Å². The third-order valence-electron chi connectivity index (χ3n) is 3.51. The number of pyridine rings is 1. The molecule has 112 valence electrons. The minimum Gasteiger partial charge on any atom is -0.476 e. The van der Waals surface area contributed by atoms with Crippen LogP contribution in [-0.2, 0) is 13.1 Å². The van der Waals surface area contributed by atoms with Crippen LogP contribution in [-0.4, -0.2) is 26.4 Å². The summed E-state index contributed by atoms with van der Waals surface area (Å²) < 4.78 is 7.65. The lowest BCUT2D eigenvalue weighted by Crippen LogP contribution is -2.10. The molecule has 1 aliphatic carbocycles. The van der Waals surface area contributed by atoms with Gasteiger partial charge in [0.1, 0.15) is 12.1 Å². The topological polar surface area (TPSA) is 90.9 Å². The molecule has 0 amide bonds. The van der Waals surface area contributed by atoms with E-state index in [0.717, 1.165) is 18.2 Å². The Morgan fingerprint density at radius 3 is 3.05 bits per heavy atom. The van der Waals surface area contributed by atoms with Gasteiger partial charge in [0.05, 0.1) is 18.8 Å². The van der Waals surface area contributed by atoms with E-state index >= 15 is 0 Å². The fourth-order valence-electron chi connectivity index (χ4n) is 2.00. The van der Waals surface area contributed by atoms with Crippen LogP contribution in [0.3, 0.4) is 0 Å². The van der Waals surface area contributed by atoms with Gasteiger partial charge in [0.25, 0.3) is 0 Å². The van der Waals surface area contributed by atoms with Gasteiger partial charge in [0.2, 0.25) is 5.88 Å². The molecule has 0 aromatic carbocycles. The van der Waals surface area contributed by atoms with E-state index < -0.39 is 0 Å².